The van der Waals surface area contributed by atoms with E-state index in [1.54, 1.807) is 12.1 Å². The topological polar surface area (TPSA) is 32.9 Å². The number of fused-ring (bicyclic) bond motifs is 1. The molecule has 2 nitrogen and oxygen atoms in total. The van der Waals surface area contributed by atoms with E-state index in [2.05, 4.69) is 4.98 Å². The van der Waals surface area contributed by atoms with Crippen LogP contribution in [0, 0.1) is 12.3 Å². The number of halogens is 1. The number of ketones is 1. The van der Waals surface area contributed by atoms with Crippen molar-refractivity contribution < 1.29 is 4.79 Å². The van der Waals surface area contributed by atoms with E-state index in [9.17, 15) is 4.79 Å². The monoisotopic (exact) mass is 209 g/mol. The van der Waals surface area contributed by atoms with Crippen LogP contribution in [-0.2, 0) is 0 Å². The second-order valence-corrected chi connectivity index (χ2v) is 4.17. The van der Waals surface area contributed by atoms with Gasteiger partial charge in [-0.05, 0) is 18.1 Å². The van der Waals surface area contributed by atoms with Crippen molar-refractivity contribution in [3.8, 4) is 12.3 Å². The zero-order valence-electron chi connectivity index (χ0n) is 6.43. The van der Waals surface area contributed by atoms with Crippen LogP contribution in [0.5, 0.6) is 0 Å². The molecule has 0 aliphatic heterocycles. The predicted octanol–water partition coefficient (Wildman–Crippen LogP) is 2.70. The number of H-pyrrole nitrogens is 1. The Balaban J connectivity index is 2.59. The van der Waals surface area contributed by atoms with E-state index in [0.717, 1.165) is 10.2 Å². The molecule has 64 valence electrons. The number of aromatic amines is 1. The molecular weight excluding hydrogens is 206 g/mol. The Hall–Kier alpha value is -1.24. The Labute approximate surface area is 83.5 Å². The van der Waals surface area contributed by atoms with Gasteiger partial charge in [-0.15, -0.1) is 17.8 Å². The number of carbonyl (C=O) groups excluding carboxylic acids is 1. The molecule has 0 saturated heterocycles. The van der Waals surface area contributed by atoms with Gasteiger partial charge in [0.25, 0.3) is 5.78 Å². The highest BCUT2D eigenvalue weighted by atomic mass is 35.5. The van der Waals surface area contributed by atoms with Crippen molar-refractivity contribution in [1.82, 2.24) is 4.98 Å². The minimum absolute atomic E-state index is 0.334. The van der Waals surface area contributed by atoms with Gasteiger partial charge < -0.3 is 4.98 Å². The number of terminal acetylenes is 1. The van der Waals surface area contributed by atoms with Crippen molar-refractivity contribution in [3.05, 3.63) is 22.2 Å². The molecule has 4 heteroatoms. The number of rotatable bonds is 1. The molecular formula is C9H4ClNOS. The van der Waals surface area contributed by atoms with Crippen LogP contribution in [-0.4, -0.2) is 10.8 Å². The standard InChI is InChI=1S/C9H4ClNOS/c1-2-7(12)6-3-5-4-8(10)13-9(5)11-6/h1,3-4,11H. The van der Waals surface area contributed by atoms with Crippen LogP contribution < -0.4 is 0 Å². The van der Waals surface area contributed by atoms with E-state index in [-0.39, 0.29) is 5.78 Å². The molecule has 0 radical (unpaired) electrons. The molecule has 13 heavy (non-hydrogen) atoms. The van der Waals surface area contributed by atoms with E-state index >= 15 is 0 Å². The third-order valence-electron chi connectivity index (χ3n) is 1.65. The zero-order chi connectivity index (χ0) is 9.42. The lowest BCUT2D eigenvalue weighted by Gasteiger charge is -1.83. The molecule has 0 fully saturated rings. The Morgan fingerprint density at radius 3 is 3.00 bits per heavy atom. The number of aromatic nitrogens is 1. The molecule has 2 heterocycles. The second-order valence-electron chi connectivity index (χ2n) is 2.49. The Bertz CT molecular complexity index is 486. The fourth-order valence-corrected chi connectivity index (χ4v) is 2.22. The summed E-state index contributed by atoms with van der Waals surface area (Å²) in [7, 11) is 0. The lowest BCUT2D eigenvalue weighted by Crippen LogP contribution is -1.93. The maximum absolute atomic E-state index is 11.1. The summed E-state index contributed by atoms with van der Waals surface area (Å²) in [6.07, 6.45) is 4.98. The highest BCUT2D eigenvalue weighted by Gasteiger charge is 2.08. The van der Waals surface area contributed by atoms with Gasteiger partial charge in [-0.1, -0.05) is 11.6 Å². The minimum atomic E-state index is -0.334. The van der Waals surface area contributed by atoms with Gasteiger partial charge in [-0.2, -0.15) is 0 Å². The molecule has 0 aromatic carbocycles. The molecule has 0 atom stereocenters. The fraction of sp³-hybridized carbons (Fsp3) is 0. The van der Waals surface area contributed by atoms with E-state index < -0.39 is 0 Å². The van der Waals surface area contributed by atoms with Crippen molar-refractivity contribution in [3.63, 3.8) is 0 Å². The maximum atomic E-state index is 11.1. The molecule has 0 aliphatic rings. The Morgan fingerprint density at radius 2 is 2.38 bits per heavy atom. The summed E-state index contributed by atoms with van der Waals surface area (Å²) in [5.74, 6) is 1.71. The number of nitrogens with one attached hydrogen (secondary N) is 1. The van der Waals surface area contributed by atoms with Crippen molar-refractivity contribution >= 4 is 38.9 Å². The summed E-state index contributed by atoms with van der Waals surface area (Å²) in [5.41, 5.74) is 0.445. The summed E-state index contributed by atoms with van der Waals surface area (Å²) in [6, 6.07) is 3.51. The van der Waals surface area contributed by atoms with Crippen molar-refractivity contribution in [2.45, 2.75) is 0 Å². The fourth-order valence-electron chi connectivity index (χ4n) is 1.09. The van der Waals surface area contributed by atoms with Gasteiger partial charge in [0.05, 0.1) is 10.0 Å². The Kier molecular flexibility index (Phi) is 1.87. The second kappa shape index (κ2) is 2.91. The predicted molar refractivity (Wildman–Crippen MR) is 54.3 cm³/mol. The molecule has 0 amide bonds. The van der Waals surface area contributed by atoms with Crippen LogP contribution in [0.3, 0.4) is 0 Å². The maximum Gasteiger partial charge on any atom is 0.251 e. The number of hydrogen-bond acceptors (Lipinski definition) is 2. The van der Waals surface area contributed by atoms with Crippen LogP contribution in [0.2, 0.25) is 4.34 Å². The average Bonchev–Trinajstić information content (AvgIpc) is 2.59. The highest BCUT2D eigenvalue weighted by Crippen LogP contribution is 2.29. The molecule has 0 bridgehead atoms. The molecule has 0 unspecified atom stereocenters. The minimum Gasteiger partial charge on any atom is -0.343 e. The highest BCUT2D eigenvalue weighted by molar-refractivity contribution is 7.22. The number of thiophene rings is 1. The lowest BCUT2D eigenvalue weighted by molar-refractivity contribution is 0.105. The summed E-state index contributed by atoms with van der Waals surface area (Å²) >= 11 is 7.15. The van der Waals surface area contributed by atoms with Crippen LogP contribution in [0.15, 0.2) is 12.1 Å². The molecule has 1 N–H and O–H groups in total. The van der Waals surface area contributed by atoms with E-state index in [0.29, 0.717) is 10.0 Å². The lowest BCUT2D eigenvalue weighted by atomic mass is 10.3. The molecule has 0 saturated carbocycles. The van der Waals surface area contributed by atoms with Gasteiger partial charge in [0.15, 0.2) is 0 Å². The quantitative estimate of drug-likeness (QED) is 0.437. The van der Waals surface area contributed by atoms with Crippen molar-refractivity contribution in [2.24, 2.45) is 0 Å². The van der Waals surface area contributed by atoms with Crippen molar-refractivity contribution in [1.29, 1.82) is 0 Å². The largest absolute Gasteiger partial charge is 0.343 e. The first-order valence-corrected chi connectivity index (χ1v) is 4.69. The van der Waals surface area contributed by atoms with Crippen molar-refractivity contribution in [2.75, 3.05) is 0 Å². The first-order chi connectivity index (χ1) is 6.20. The van der Waals surface area contributed by atoms with Crippen LogP contribution in [0.4, 0.5) is 0 Å². The van der Waals surface area contributed by atoms with Gasteiger partial charge in [0.1, 0.15) is 4.83 Å². The van der Waals surface area contributed by atoms with Gasteiger partial charge in [0.2, 0.25) is 0 Å². The first kappa shape index (κ1) is 8.36. The van der Waals surface area contributed by atoms with Crippen LogP contribution in [0.1, 0.15) is 10.5 Å². The Morgan fingerprint density at radius 1 is 1.62 bits per heavy atom. The molecule has 2 aromatic rings. The van der Waals surface area contributed by atoms with Crippen LogP contribution in [0.25, 0.3) is 10.2 Å². The third kappa shape index (κ3) is 1.35. The number of Topliss-reactive ketones (excluding diaryl/α,β-unsaturated/α-hetero) is 1. The summed E-state index contributed by atoms with van der Waals surface area (Å²) in [5, 5.41) is 0.925. The number of carbonyl (C=O) groups is 1. The smallest absolute Gasteiger partial charge is 0.251 e. The van der Waals surface area contributed by atoms with Gasteiger partial charge in [-0.3, -0.25) is 4.79 Å². The molecule has 2 aromatic heterocycles. The molecule has 0 spiro atoms. The SMILES string of the molecule is C#CC(=O)c1cc2cc(Cl)sc2[nH]1. The number of hydrogen-bond donors (Lipinski definition) is 1. The summed E-state index contributed by atoms with van der Waals surface area (Å²) in [4.78, 5) is 14.9. The third-order valence-corrected chi connectivity index (χ3v) is 2.85. The van der Waals surface area contributed by atoms with Gasteiger partial charge in [-0.25, -0.2) is 0 Å². The average molecular weight is 210 g/mol. The van der Waals surface area contributed by atoms with Gasteiger partial charge in [0, 0.05) is 5.39 Å². The first-order valence-electron chi connectivity index (χ1n) is 3.49. The summed E-state index contributed by atoms with van der Waals surface area (Å²) in [6.45, 7) is 0. The van der Waals surface area contributed by atoms with Gasteiger partial charge >= 0.3 is 0 Å². The molecule has 0 aliphatic carbocycles. The molecule has 2 rings (SSSR count). The van der Waals surface area contributed by atoms with E-state index in [4.69, 9.17) is 18.0 Å². The van der Waals surface area contributed by atoms with E-state index in [1.807, 2.05) is 5.92 Å². The van der Waals surface area contributed by atoms with Crippen LogP contribution >= 0.6 is 22.9 Å². The van der Waals surface area contributed by atoms with E-state index in [1.165, 1.54) is 11.3 Å². The zero-order valence-corrected chi connectivity index (χ0v) is 8.00. The summed E-state index contributed by atoms with van der Waals surface area (Å²) < 4.78 is 0.695. The normalized spacial score (nSPS) is 10.2.